The highest BCUT2D eigenvalue weighted by Gasteiger charge is 2.39. The van der Waals surface area contributed by atoms with Crippen molar-refractivity contribution in [1.82, 2.24) is 10.2 Å². The highest BCUT2D eigenvalue weighted by atomic mass is 19.1. The van der Waals surface area contributed by atoms with E-state index in [4.69, 9.17) is 4.74 Å². The first-order valence-corrected chi connectivity index (χ1v) is 7.94. The number of piperazine rings is 1. The van der Waals surface area contributed by atoms with Crippen LogP contribution in [0.15, 0.2) is 18.2 Å². The smallest absolute Gasteiger partial charge is 0.169 e. The quantitative estimate of drug-likeness (QED) is 0.927. The standard InChI is InChI=1S/C17H25FN2O/c1-13-10-19-17(8-3-4-9-17)12-20(13)11-14-6-5-7-15(21-2)16(14)18/h5-7,13,19H,3-4,8-12H2,1-2H3. The summed E-state index contributed by atoms with van der Waals surface area (Å²) in [6.07, 6.45) is 5.11. The van der Waals surface area contributed by atoms with Crippen molar-refractivity contribution in [3.63, 3.8) is 0 Å². The van der Waals surface area contributed by atoms with E-state index in [0.717, 1.165) is 18.7 Å². The van der Waals surface area contributed by atoms with Gasteiger partial charge in [0.25, 0.3) is 0 Å². The number of nitrogens with zero attached hydrogens (tertiary/aromatic N) is 1. The molecule has 1 aromatic carbocycles. The van der Waals surface area contributed by atoms with Crippen molar-refractivity contribution in [2.24, 2.45) is 0 Å². The van der Waals surface area contributed by atoms with E-state index in [2.05, 4.69) is 17.1 Å². The second-order valence-corrected chi connectivity index (χ2v) is 6.56. The minimum atomic E-state index is -0.216. The monoisotopic (exact) mass is 292 g/mol. The van der Waals surface area contributed by atoms with E-state index >= 15 is 0 Å². The molecule has 1 aliphatic heterocycles. The summed E-state index contributed by atoms with van der Waals surface area (Å²) in [5, 5.41) is 3.74. The van der Waals surface area contributed by atoms with Crippen LogP contribution in [0.25, 0.3) is 0 Å². The van der Waals surface area contributed by atoms with Crippen LogP contribution in [0.4, 0.5) is 4.39 Å². The molecule has 1 saturated heterocycles. The van der Waals surface area contributed by atoms with E-state index in [-0.39, 0.29) is 11.4 Å². The van der Waals surface area contributed by atoms with Crippen LogP contribution in [0.1, 0.15) is 38.2 Å². The average molecular weight is 292 g/mol. The SMILES string of the molecule is COc1cccc(CN2CC3(CCCC3)NCC2C)c1F. The molecule has 0 bridgehead atoms. The summed E-state index contributed by atoms with van der Waals surface area (Å²) in [7, 11) is 1.52. The molecule has 3 rings (SSSR count). The molecule has 4 heteroatoms. The van der Waals surface area contributed by atoms with Gasteiger partial charge >= 0.3 is 0 Å². The van der Waals surface area contributed by atoms with Gasteiger partial charge in [-0.25, -0.2) is 4.39 Å². The molecule has 0 radical (unpaired) electrons. The molecule has 1 aliphatic carbocycles. The van der Waals surface area contributed by atoms with Gasteiger partial charge in [0.2, 0.25) is 0 Å². The van der Waals surface area contributed by atoms with Gasteiger partial charge in [0.15, 0.2) is 11.6 Å². The van der Waals surface area contributed by atoms with E-state index in [1.165, 1.54) is 32.8 Å². The third-order valence-corrected chi connectivity index (χ3v) is 5.10. The fraction of sp³-hybridized carbons (Fsp3) is 0.647. The van der Waals surface area contributed by atoms with Crippen molar-refractivity contribution in [3.8, 4) is 5.75 Å². The lowest BCUT2D eigenvalue weighted by atomic mass is 9.92. The topological polar surface area (TPSA) is 24.5 Å². The number of rotatable bonds is 3. The second-order valence-electron chi connectivity index (χ2n) is 6.56. The van der Waals surface area contributed by atoms with Gasteiger partial charge in [0, 0.05) is 36.8 Å². The molecule has 0 amide bonds. The molecule has 1 saturated carbocycles. The lowest BCUT2D eigenvalue weighted by Crippen LogP contribution is -2.62. The van der Waals surface area contributed by atoms with E-state index in [1.54, 1.807) is 6.07 Å². The zero-order chi connectivity index (χ0) is 14.9. The molecular formula is C17H25FN2O. The van der Waals surface area contributed by atoms with Gasteiger partial charge in [-0.05, 0) is 25.8 Å². The normalized spacial score (nSPS) is 25.4. The predicted molar refractivity (Wildman–Crippen MR) is 82.0 cm³/mol. The number of nitrogens with one attached hydrogen (secondary N) is 1. The maximum atomic E-state index is 14.4. The Morgan fingerprint density at radius 2 is 2.14 bits per heavy atom. The van der Waals surface area contributed by atoms with E-state index in [0.29, 0.717) is 18.3 Å². The minimum Gasteiger partial charge on any atom is -0.494 e. The number of hydrogen-bond donors (Lipinski definition) is 1. The summed E-state index contributed by atoms with van der Waals surface area (Å²) < 4.78 is 19.4. The second kappa shape index (κ2) is 5.93. The fourth-order valence-electron chi connectivity index (χ4n) is 3.75. The molecule has 1 N–H and O–H groups in total. The molecule has 116 valence electrons. The van der Waals surface area contributed by atoms with Gasteiger partial charge < -0.3 is 10.1 Å². The van der Waals surface area contributed by atoms with Gasteiger partial charge in [-0.1, -0.05) is 25.0 Å². The number of halogens is 1. The van der Waals surface area contributed by atoms with Crippen LogP contribution in [0, 0.1) is 5.82 Å². The lowest BCUT2D eigenvalue weighted by molar-refractivity contribution is 0.0815. The van der Waals surface area contributed by atoms with Crippen LogP contribution < -0.4 is 10.1 Å². The molecule has 1 spiro atoms. The lowest BCUT2D eigenvalue weighted by Gasteiger charge is -2.45. The molecule has 1 atom stereocenters. The van der Waals surface area contributed by atoms with Crippen LogP contribution in [0.5, 0.6) is 5.75 Å². The van der Waals surface area contributed by atoms with Crippen molar-refractivity contribution in [1.29, 1.82) is 0 Å². The Labute approximate surface area is 126 Å². The molecule has 1 heterocycles. The van der Waals surface area contributed by atoms with Crippen molar-refractivity contribution in [3.05, 3.63) is 29.6 Å². The molecule has 1 aromatic rings. The van der Waals surface area contributed by atoms with Gasteiger partial charge in [-0.2, -0.15) is 0 Å². The van der Waals surface area contributed by atoms with Gasteiger partial charge in [0.1, 0.15) is 0 Å². The Morgan fingerprint density at radius 3 is 2.86 bits per heavy atom. The van der Waals surface area contributed by atoms with Crippen LogP contribution in [-0.4, -0.2) is 36.7 Å². The van der Waals surface area contributed by atoms with Gasteiger partial charge in [0.05, 0.1) is 7.11 Å². The third-order valence-electron chi connectivity index (χ3n) is 5.10. The number of ether oxygens (including phenoxy) is 1. The molecule has 1 unspecified atom stereocenters. The minimum absolute atomic E-state index is 0.216. The summed E-state index contributed by atoms with van der Waals surface area (Å²) in [6.45, 7) is 4.89. The van der Waals surface area contributed by atoms with Crippen LogP contribution in [0.2, 0.25) is 0 Å². The summed E-state index contributed by atoms with van der Waals surface area (Å²) in [6, 6.07) is 5.85. The Morgan fingerprint density at radius 1 is 1.38 bits per heavy atom. The summed E-state index contributed by atoms with van der Waals surface area (Å²) in [5.74, 6) is 0.122. The number of methoxy groups -OCH3 is 1. The van der Waals surface area contributed by atoms with Crippen molar-refractivity contribution < 1.29 is 9.13 Å². The third kappa shape index (κ3) is 2.92. The molecule has 0 aromatic heterocycles. The van der Waals surface area contributed by atoms with Crippen LogP contribution in [0.3, 0.4) is 0 Å². The van der Waals surface area contributed by atoms with Crippen molar-refractivity contribution in [2.75, 3.05) is 20.2 Å². The van der Waals surface area contributed by atoms with E-state index in [1.807, 2.05) is 12.1 Å². The molecule has 2 fully saturated rings. The highest BCUT2D eigenvalue weighted by molar-refractivity contribution is 5.31. The number of hydrogen-bond acceptors (Lipinski definition) is 3. The Hall–Kier alpha value is -1.13. The Bertz CT molecular complexity index is 500. The Balaban J connectivity index is 1.76. The first-order valence-electron chi connectivity index (χ1n) is 7.94. The first kappa shape index (κ1) is 14.8. The average Bonchev–Trinajstić information content (AvgIpc) is 2.94. The first-order chi connectivity index (χ1) is 10.1. The van der Waals surface area contributed by atoms with E-state index < -0.39 is 0 Å². The van der Waals surface area contributed by atoms with Crippen LogP contribution in [-0.2, 0) is 6.54 Å². The number of benzene rings is 1. The summed E-state index contributed by atoms with van der Waals surface area (Å²) in [4.78, 5) is 2.42. The summed E-state index contributed by atoms with van der Waals surface area (Å²) in [5.41, 5.74) is 0.998. The summed E-state index contributed by atoms with van der Waals surface area (Å²) >= 11 is 0. The zero-order valence-electron chi connectivity index (χ0n) is 13.0. The predicted octanol–water partition coefficient (Wildman–Crippen LogP) is 2.94. The fourth-order valence-corrected chi connectivity index (χ4v) is 3.75. The molecule has 2 aliphatic rings. The highest BCUT2D eigenvalue weighted by Crippen LogP contribution is 2.34. The van der Waals surface area contributed by atoms with E-state index in [9.17, 15) is 4.39 Å². The maximum absolute atomic E-state index is 14.4. The largest absolute Gasteiger partial charge is 0.494 e. The Kier molecular flexibility index (Phi) is 4.18. The van der Waals surface area contributed by atoms with Gasteiger partial charge in [-0.3, -0.25) is 4.90 Å². The zero-order valence-corrected chi connectivity index (χ0v) is 13.0. The molecule has 3 nitrogen and oxygen atoms in total. The van der Waals surface area contributed by atoms with Crippen molar-refractivity contribution >= 4 is 0 Å². The molecular weight excluding hydrogens is 267 g/mol. The van der Waals surface area contributed by atoms with Crippen LogP contribution >= 0.6 is 0 Å². The maximum Gasteiger partial charge on any atom is 0.169 e. The van der Waals surface area contributed by atoms with Gasteiger partial charge in [-0.15, -0.1) is 0 Å². The van der Waals surface area contributed by atoms with Crippen molar-refractivity contribution in [2.45, 2.75) is 50.7 Å². The molecule has 21 heavy (non-hydrogen) atoms.